The number of likely N-dealkylation sites (tertiary alicyclic amines) is 1. The fraction of sp³-hybridized carbons (Fsp3) is 0.391. The van der Waals surface area contributed by atoms with Crippen LogP contribution < -0.4 is 0 Å². The molecule has 1 aliphatic rings. The smallest absolute Gasteiger partial charge is 0.305 e. The molecule has 0 saturated carbocycles. The third-order valence-corrected chi connectivity index (χ3v) is 5.46. The van der Waals surface area contributed by atoms with Crippen molar-refractivity contribution in [2.75, 3.05) is 13.7 Å². The maximum Gasteiger partial charge on any atom is 0.305 e. The fourth-order valence-corrected chi connectivity index (χ4v) is 4.00. The molecule has 1 aliphatic heterocycles. The average Bonchev–Trinajstić information content (AvgIpc) is 3.11. The molecule has 3 unspecified atom stereocenters. The molecule has 28 heavy (non-hydrogen) atoms. The number of rotatable bonds is 8. The van der Waals surface area contributed by atoms with Crippen molar-refractivity contribution >= 4 is 11.9 Å². The van der Waals surface area contributed by atoms with E-state index in [9.17, 15) is 14.7 Å². The lowest BCUT2D eigenvalue weighted by molar-refractivity contribution is -0.140. The van der Waals surface area contributed by atoms with Gasteiger partial charge in [0.25, 0.3) is 0 Å². The average molecular weight is 381 g/mol. The Hall–Kier alpha value is -2.66. The SMILES string of the molecule is COC1CC(CC(=O)O)N(C(=O)CC(Cc2ccccc2)c2ccccc2)C1. The number of carboxylic acid groups (broad SMARTS) is 1. The predicted octanol–water partition coefficient (Wildman–Crippen LogP) is 3.49. The number of carbonyl (C=O) groups excluding carboxylic acids is 1. The summed E-state index contributed by atoms with van der Waals surface area (Å²) in [4.78, 5) is 26.1. The topological polar surface area (TPSA) is 66.8 Å². The van der Waals surface area contributed by atoms with E-state index in [0.29, 0.717) is 19.4 Å². The van der Waals surface area contributed by atoms with Gasteiger partial charge >= 0.3 is 5.97 Å². The summed E-state index contributed by atoms with van der Waals surface area (Å²) in [7, 11) is 1.61. The molecule has 1 N–H and O–H groups in total. The summed E-state index contributed by atoms with van der Waals surface area (Å²) in [6.07, 6.45) is 1.55. The van der Waals surface area contributed by atoms with Crippen LogP contribution in [0.5, 0.6) is 0 Å². The lowest BCUT2D eigenvalue weighted by Gasteiger charge is -2.26. The lowest BCUT2D eigenvalue weighted by Crippen LogP contribution is -2.38. The zero-order valence-electron chi connectivity index (χ0n) is 16.2. The first-order chi connectivity index (χ1) is 13.6. The van der Waals surface area contributed by atoms with Crippen molar-refractivity contribution in [1.29, 1.82) is 0 Å². The van der Waals surface area contributed by atoms with Crippen molar-refractivity contribution in [2.24, 2.45) is 0 Å². The normalized spacial score (nSPS) is 20.1. The molecule has 3 atom stereocenters. The minimum atomic E-state index is -0.886. The van der Waals surface area contributed by atoms with Crippen molar-refractivity contribution < 1.29 is 19.4 Å². The van der Waals surface area contributed by atoms with Gasteiger partial charge in [0.05, 0.1) is 12.5 Å². The highest BCUT2D eigenvalue weighted by molar-refractivity contribution is 5.79. The van der Waals surface area contributed by atoms with Crippen molar-refractivity contribution in [3.63, 3.8) is 0 Å². The first kappa shape index (κ1) is 20.1. The molecule has 1 fully saturated rings. The molecule has 0 bridgehead atoms. The highest BCUT2D eigenvalue weighted by atomic mass is 16.5. The third-order valence-electron chi connectivity index (χ3n) is 5.46. The van der Waals surface area contributed by atoms with Crippen LogP contribution in [0.2, 0.25) is 0 Å². The molecule has 148 valence electrons. The van der Waals surface area contributed by atoms with Crippen LogP contribution in [0.1, 0.15) is 36.3 Å². The van der Waals surface area contributed by atoms with Crippen molar-refractivity contribution in [3.05, 3.63) is 71.8 Å². The number of benzene rings is 2. The number of ether oxygens (including phenoxy) is 1. The van der Waals surface area contributed by atoms with Gasteiger partial charge in [-0.1, -0.05) is 60.7 Å². The Balaban J connectivity index is 1.77. The van der Waals surface area contributed by atoms with Crippen LogP contribution in [0.15, 0.2) is 60.7 Å². The molecule has 0 aromatic heterocycles. The number of carbonyl (C=O) groups is 2. The van der Waals surface area contributed by atoms with E-state index in [4.69, 9.17) is 4.74 Å². The zero-order chi connectivity index (χ0) is 19.9. The lowest BCUT2D eigenvalue weighted by atomic mass is 9.88. The predicted molar refractivity (Wildman–Crippen MR) is 107 cm³/mol. The standard InChI is InChI=1S/C23H27NO4/c1-28-21-14-20(15-23(26)27)24(16-21)22(25)13-19(18-10-6-3-7-11-18)12-17-8-4-2-5-9-17/h2-11,19-21H,12-16H2,1H3,(H,26,27). The van der Waals surface area contributed by atoms with E-state index in [-0.39, 0.29) is 30.4 Å². The molecule has 5 heteroatoms. The van der Waals surface area contributed by atoms with Gasteiger partial charge in [-0.25, -0.2) is 0 Å². The van der Waals surface area contributed by atoms with Crippen LogP contribution in [0.3, 0.4) is 0 Å². The molecule has 2 aromatic carbocycles. The van der Waals surface area contributed by atoms with Gasteiger partial charge in [0.1, 0.15) is 0 Å². The molecule has 3 rings (SSSR count). The van der Waals surface area contributed by atoms with Gasteiger partial charge in [-0.15, -0.1) is 0 Å². The summed E-state index contributed by atoms with van der Waals surface area (Å²) in [6, 6.07) is 19.9. The number of hydrogen-bond donors (Lipinski definition) is 1. The van der Waals surface area contributed by atoms with E-state index in [1.807, 2.05) is 36.4 Å². The highest BCUT2D eigenvalue weighted by Gasteiger charge is 2.37. The molecule has 0 radical (unpaired) electrons. The first-order valence-corrected chi connectivity index (χ1v) is 9.69. The second-order valence-electron chi connectivity index (χ2n) is 7.39. The second kappa shape index (κ2) is 9.51. The molecule has 0 spiro atoms. The van der Waals surface area contributed by atoms with Gasteiger partial charge < -0.3 is 14.7 Å². The number of hydrogen-bond acceptors (Lipinski definition) is 3. The van der Waals surface area contributed by atoms with Gasteiger partial charge in [0.15, 0.2) is 0 Å². The van der Waals surface area contributed by atoms with E-state index in [1.54, 1.807) is 12.0 Å². The van der Waals surface area contributed by atoms with Crippen LogP contribution in [0.4, 0.5) is 0 Å². The number of aliphatic carboxylic acids is 1. The monoisotopic (exact) mass is 381 g/mol. The Labute approximate surface area is 165 Å². The highest BCUT2D eigenvalue weighted by Crippen LogP contribution is 2.29. The molecule has 1 amide bonds. The second-order valence-corrected chi connectivity index (χ2v) is 7.39. The van der Waals surface area contributed by atoms with Crippen LogP contribution >= 0.6 is 0 Å². The zero-order valence-corrected chi connectivity index (χ0v) is 16.2. The summed E-state index contributed by atoms with van der Waals surface area (Å²) < 4.78 is 5.40. The number of nitrogens with zero attached hydrogens (tertiary/aromatic N) is 1. The van der Waals surface area contributed by atoms with Crippen LogP contribution in [-0.4, -0.2) is 47.7 Å². The Morgan fingerprint density at radius 3 is 2.36 bits per heavy atom. The molecule has 1 heterocycles. The quantitative estimate of drug-likeness (QED) is 0.760. The van der Waals surface area contributed by atoms with E-state index in [1.165, 1.54) is 5.56 Å². The van der Waals surface area contributed by atoms with E-state index in [0.717, 1.165) is 12.0 Å². The fourth-order valence-electron chi connectivity index (χ4n) is 4.00. The van der Waals surface area contributed by atoms with Gasteiger partial charge in [-0.05, 0) is 29.9 Å². The van der Waals surface area contributed by atoms with Gasteiger partial charge in [-0.2, -0.15) is 0 Å². The minimum absolute atomic E-state index is 0.00409. The van der Waals surface area contributed by atoms with E-state index in [2.05, 4.69) is 24.3 Å². The van der Waals surface area contributed by atoms with E-state index >= 15 is 0 Å². The van der Waals surface area contributed by atoms with Gasteiger partial charge in [0, 0.05) is 26.1 Å². The first-order valence-electron chi connectivity index (χ1n) is 9.69. The summed E-state index contributed by atoms with van der Waals surface area (Å²) in [5.74, 6) is -0.845. The Morgan fingerprint density at radius 2 is 1.75 bits per heavy atom. The number of methoxy groups -OCH3 is 1. The largest absolute Gasteiger partial charge is 0.481 e. The van der Waals surface area contributed by atoms with E-state index < -0.39 is 5.97 Å². The molecule has 2 aromatic rings. The van der Waals surface area contributed by atoms with Crippen molar-refractivity contribution in [2.45, 2.75) is 43.7 Å². The molecule has 1 saturated heterocycles. The Kier molecular flexibility index (Phi) is 6.82. The third kappa shape index (κ3) is 5.20. The maximum atomic E-state index is 13.2. The van der Waals surface area contributed by atoms with Crippen LogP contribution in [-0.2, 0) is 20.7 Å². The van der Waals surface area contributed by atoms with Gasteiger partial charge in [-0.3, -0.25) is 9.59 Å². The Morgan fingerprint density at radius 1 is 1.11 bits per heavy atom. The molecule has 5 nitrogen and oxygen atoms in total. The number of carboxylic acids is 1. The number of amides is 1. The van der Waals surface area contributed by atoms with Crippen LogP contribution in [0, 0.1) is 0 Å². The Bertz CT molecular complexity index is 778. The summed E-state index contributed by atoms with van der Waals surface area (Å²) in [5, 5.41) is 9.21. The molecule has 0 aliphatic carbocycles. The van der Waals surface area contributed by atoms with Crippen molar-refractivity contribution in [1.82, 2.24) is 4.90 Å². The van der Waals surface area contributed by atoms with Gasteiger partial charge in [0.2, 0.25) is 5.91 Å². The molecular formula is C23H27NO4. The van der Waals surface area contributed by atoms with Crippen LogP contribution in [0.25, 0.3) is 0 Å². The summed E-state index contributed by atoms with van der Waals surface area (Å²) in [6.45, 7) is 0.458. The minimum Gasteiger partial charge on any atom is -0.481 e. The summed E-state index contributed by atoms with van der Waals surface area (Å²) >= 11 is 0. The maximum absolute atomic E-state index is 13.2. The molecular weight excluding hydrogens is 354 g/mol. The van der Waals surface area contributed by atoms with Crippen molar-refractivity contribution in [3.8, 4) is 0 Å². The summed E-state index contributed by atoms with van der Waals surface area (Å²) in [5.41, 5.74) is 2.31.